The van der Waals surface area contributed by atoms with Crippen molar-refractivity contribution in [2.45, 2.75) is 19.1 Å². The van der Waals surface area contributed by atoms with Gasteiger partial charge in [-0.15, -0.1) is 0 Å². The first-order valence-corrected chi connectivity index (χ1v) is 7.31. The highest BCUT2D eigenvalue weighted by molar-refractivity contribution is 6.30. The van der Waals surface area contributed by atoms with Crippen molar-refractivity contribution in [1.29, 1.82) is 0 Å². The summed E-state index contributed by atoms with van der Waals surface area (Å²) < 4.78 is 0. The maximum absolute atomic E-state index is 10.9. The SMILES string of the molecule is CC(=O)NCC(O)C(O)c1cccc(-c2ccc(Cl)cc2)c1. The van der Waals surface area contributed by atoms with Crippen LogP contribution in [-0.4, -0.2) is 28.8 Å². The van der Waals surface area contributed by atoms with E-state index in [9.17, 15) is 15.0 Å². The van der Waals surface area contributed by atoms with Crippen LogP contribution in [0.3, 0.4) is 0 Å². The molecule has 0 radical (unpaired) electrons. The van der Waals surface area contributed by atoms with Crippen molar-refractivity contribution in [1.82, 2.24) is 5.32 Å². The van der Waals surface area contributed by atoms with Gasteiger partial charge < -0.3 is 15.5 Å². The molecule has 0 aliphatic rings. The second kappa shape index (κ2) is 7.40. The summed E-state index contributed by atoms with van der Waals surface area (Å²) in [5, 5.41) is 23.3. The predicted octanol–water partition coefficient (Wildman–Crippen LogP) is 2.54. The Labute approximate surface area is 134 Å². The molecule has 0 aliphatic heterocycles. The number of hydrogen-bond donors (Lipinski definition) is 3. The van der Waals surface area contributed by atoms with Gasteiger partial charge in [0.15, 0.2) is 0 Å². The third-order valence-corrected chi connectivity index (χ3v) is 3.58. The average molecular weight is 320 g/mol. The molecular weight excluding hydrogens is 302 g/mol. The Hall–Kier alpha value is -1.88. The summed E-state index contributed by atoms with van der Waals surface area (Å²) in [5.74, 6) is -0.249. The van der Waals surface area contributed by atoms with Gasteiger partial charge in [0, 0.05) is 18.5 Å². The highest BCUT2D eigenvalue weighted by Gasteiger charge is 2.18. The number of aliphatic hydroxyl groups excluding tert-OH is 2. The lowest BCUT2D eigenvalue weighted by Crippen LogP contribution is -2.34. The van der Waals surface area contributed by atoms with E-state index >= 15 is 0 Å². The molecule has 22 heavy (non-hydrogen) atoms. The first-order chi connectivity index (χ1) is 10.5. The van der Waals surface area contributed by atoms with Crippen LogP contribution in [-0.2, 0) is 4.79 Å². The van der Waals surface area contributed by atoms with E-state index in [2.05, 4.69) is 5.32 Å². The number of hydrogen-bond acceptors (Lipinski definition) is 3. The molecule has 4 nitrogen and oxygen atoms in total. The molecule has 2 aromatic carbocycles. The third-order valence-electron chi connectivity index (χ3n) is 3.33. The van der Waals surface area contributed by atoms with E-state index in [-0.39, 0.29) is 12.5 Å². The highest BCUT2D eigenvalue weighted by atomic mass is 35.5. The van der Waals surface area contributed by atoms with Gasteiger partial charge in [-0.3, -0.25) is 4.79 Å². The Morgan fingerprint density at radius 1 is 1.14 bits per heavy atom. The fourth-order valence-corrected chi connectivity index (χ4v) is 2.25. The van der Waals surface area contributed by atoms with Crippen LogP contribution in [0.1, 0.15) is 18.6 Å². The molecule has 0 spiro atoms. The molecule has 2 atom stereocenters. The topological polar surface area (TPSA) is 69.6 Å². The Morgan fingerprint density at radius 2 is 1.82 bits per heavy atom. The summed E-state index contributed by atoms with van der Waals surface area (Å²) in [5.41, 5.74) is 2.47. The molecule has 1 amide bonds. The zero-order chi connectivity index (χ0) is 16.1. The van der Waals surface area contributed by atoms with Crippen LogP contribution in [0.15, 0.2) is 48.5 Å². The number of nitrogens with one attached hydrogen (secondary N) is 1. The van der Waals surface area contributed by atoms with Gasteiger partial charge in [0.2, 0.25) is 5.91 Å². The fraction of sp³-hybridized carbons (Fsp3) is 0.235. The Morgan fingerprint density at radius 3 is 2.45 bits per heavy atom. The number of rotatable bonds is 5. The Bertz CT molecular complexity index is 643. The van der Waals surface area contributed by atoms with Crippen LogP contribution in [0.2, 0.25) is 5.02 Å². The van der Waals surface area contributed by atoms with Crippen LogP contribution in [0.5, 0.6) is 0 Å². The molecule has 0 heterocycles. The largest absolute Gasteiger partial charge is 0.388 e. The zero-order valence-electron chi connectivity index (χ0n) is 12.2. The minimum absolute atomic E-state index is 0.00166. The first-order valence-electron chi connectivity index (χ1n) is 6.94. The standard InChI is InChI=1S/C17H18ClNO3/c1-11(20)19-10-16(21)17(22)14-4-2-3-13(9-14)12-5-7-15(18)8-6-12/h2-9,16-17,21-22H,10H2,1H3,(H,19,20). The normalized spacial score (nSPS) is 13.5. The number of carbonyl (C=O) groups excluding carboxylic acids is 1. The average Bonchev–Trinajstić information content (AvgIpc) is 2.52. The summed E-state index contributed by atoms with van der Waals surface area (Å²) in [7, 11) is 0. The van der Waals surface area contributed by atoms with E-state index in [1.165, 1.54) is 6.92 Å². The summed E-state index contributed by atoms with van der Waals surface area (Å²) in [6, 6.07) is 14.7. The van der Waals surface area contributed by atoms with E-state index in [0.717, 1.165) is 11.1 Å². The Kier molecular flexibility index (Phi) is 5.55. The van der Waals surface area contributed by atoms with E-state index in [4.69, 9.17) is 11.6 Å². The van der Waals surface area contributed by atoms with Gasteiger partial charge in [0.1, 0.15) is 12.2 Å². The molecule has 3 N–H and O–H groups in total. The second-order valence-corrected chi connectivity index (χ2v) is 5.52. The molecular formula is C17H18ClNO3. The molecule has 5 heteroatoms. The number of halogens is 1. The van der Waals surface area contributed by atoms with Gasteiger partial charge in [-0.05, 0) is 34.9 Å². The third kappa shape index (κ3) is 4.31. The van der Waals surface area contributed by atoms with Crippen LogP contribution in [0, 0.1) is 0 Å². The van der Waals surface area contributed by atoms with E-state index < -0.39 is 12.2 Å². The van der Waals surface area contributed by atoms with Crippen molar-refractivity contribution < 1.29 is 15.0 Å². The van der Waals surface area contributed by atoms with Crippen molar-refractivity contribution in [2.24, 2.45) is 0 Å². The maximum Gasteiger partial charge on any atom is 0.216 e. The minimum atomic E-state index is -1.07. The van der Waals surface area contributed by atoms with Crippen molar-refractivity contribution in [3.05, 3.63) is 59.1 Å². The molecule has 0 aromatic heterocycles. The number of aliphatic hydroxyl groups is 2. The smallest absolute Gasteiger partial charge is 0.216 e. The van der Waals surface area contributed by atoms with Crippen LogP contribution < -0.4 is 5.32 Å². The van der Waals surface area contributed by atoms with Crippen molar-refractivity contribution in [2.75, 3.05) is 6.54 Å². The van der Waals surface area contributed by atoms with E-state index in [1.54, 1.807) is 18.2 Å². The molecule has 116 valence electrons. The van der Waals surface area contributed by atoms with Gasteiger partial charge >= 0.3 is 0 Å². The van der Waals surface area contributed by atoms with E-state index in [0.29, 0.717) is 10.6 Å². The molecule has 0 bridgehead atoms. The van der Waals surface area contributed by atoms with Crippen LogP contribution in [0.4, 0.5) is 0 Å². The Balaban J connectivity index is 2.17. The molecule has 2 aromatic rings. The van der Waals surface area contributed by atoms with Crippen LogP contribution >= 0.6 is 11.6 Å². The minimum Gasteiger partial charge on any atom is -0.388 e. The predicted molar refractivity (Wildman–Crippen MR) is 86.5 cm³/mol. The number of carbonyl (C=O) groups is 1. The van der Waals surface area contributed by atoms with Gasteiger partial charge in [-0.25, -0.2) is 0 Å². The summed E-state index contributed by atoms with van der Waals surface area (Å²) in [6.45, 7) is 1.36. The summed E-state index contributed by atoms with van der Waals surface area (Å²) >= 11 is 5.88. The lowest BCUT2D eigenvalue weighted by molar-refractivity contribution is -0.119. The molecule has 0 saturated carbocycles. The molecule has 0 saturated heterocycles. The highest BCUT2D eigenvalue weighted by Crippen LogP contribution is 2.25. The quantitative estimate of drug-likeness (QED) is 0.793. The van der Waals surface area contributed by atoms with Gasteiger partial charge in [-0.1, -0.05) is 41.9 Å². The monoisotopic (exact) mass is 319 g/mol. The molecule has 0 fully saturated rings. The molecule has 2 unspecified atom stereocenters. The van der Waals surface area contributed by atoms with Gasteiger partial charge in [-0.2, -0.15) is 0 Å². The lowest BCUT2D eigenvalue weighted by atomic mass is 9.98. The summed E-state index contributed by atoms with van der Waals surface area (Å²) in [4.78, 5) is 10.9. The van der Waals surface area contributed by atoms with E-state index in [1.807, 2.05) is 30.3 Å². The molecule has 0 aliphatic carbocycles. The van der Waals surface area contributed by atoms with Crippen molar-refractivity contribution in [3.8, 4) is 11.1 Å². The molecule has 2 rings (SSSR count). The van der Waals surface area contributed by atoms with Crippen molar-refractivity contribution >= 4 is 17.5 Å². The number of benzene rings is 2. The maximum atomic E-state index is 10.9. The zero-order valence-corrected chi connectivity index (χ0v) is 12.9. The van der Waals surface area contributed by atoms with Gasteiger partial charge in [0.25, 0.3) is 0 Å². The first kappa shape index (κ1) is 16.5. The second-order valence-electron chi connectivity index (χ2n) is 5.08. The lowest BCUT2D eigenvalue weighted by Gasteiger charge is -2.19. The van der Waals surface area contributed by atoms with Crippen LogP contribution in [0.25, 0.3) is 11.1 Å². The summed E-state index contributed by atoms with van der Waals surface area (Å²) in [6.07, 6.45) is -2.14. The van der Waals surface area contributed by atoms with Crippen molar-refractivity contribution in [3.63, 3.8) is 0 Å². The number of amides is 1. The fourth-order valence-electron chi connectivity index (χ4n) is 2.13. The van der Waals surface area contributed by atoms with Gasteiger partial charge in [0.05, 0.1) is 0 Å².